The van der Waals surface area contributed by atoms with Gasteiger partial charge in [-0.1, -0.05) is 62.8 Å². The average molecular weight is 445 g/mol. The Balaban J connectivity index is 0.00000176. The summed E-state index contributed by atoms with van der Waals surface area (Å²) in [6, 6.07) is 0. The van der Waals surface area contributed by atoms with E-state index in [1.807, 2.05) is 27.7 Å². The minimum atomic E-state index is -0.627. The summed E-state index contributed by atoms with van der Waals surface area (Å²) >= 11 is 0. The highest BCUT2D eigenvalue weighted by Crippen LogP contribution is 2.59. The zero-order valence-corrected chi connectivity index (χ0v) is 21.3. The van der Waals surface area contributed by atoms with E-state index in [4.69, 9.17) is 0 Å². The Hall–Kier alpha value is -1.16. The first kappa shape index (κ1) is 27.1. The minimum absolute atomic E-state index is 0.286. The van der Waals surface area contributed by atoms with Gasteiger partial charge in [-0.15, -0.1) is 0 Å². The van der Waals surface area contributed by atoms with Gasteiger partial charge in [0.25, 0.3) is 0 Å². The van der Waals surface area contributed by atoms with Crippen LogP contribution in [-0.2, 0) is 0 Å². The van der Waals surface area contributed by atoms with Crippen LogP contribution in [0.5, 0.6) is 0 Å². The van der Waals surface area contributed by atoms with Gasteiger partial charge in [0.2, 0.25) is 0 Å². The lowest BCUT2D eigenvalue weighted by atomic mass is 9.62. The summed E-state index contributed by atoms with van der Waals surface area (Å²) in [5.74, 6) is 1.18. The van der Waals surface area contributed by atoms with Crippen LogP contribution in [0.4, 0.5) is 0 Å². The number of rotatable bonds is 6. The van der Waals surface area contributed by atoms with E-state index in [0.717, 1.165) is 31.3 Å². The second-order valence-corrected chi connectivity index (χ2v) is 10.9. The Morgan fingerprint density at radius 1 is 1.12 bits per heavy atom. The minimum Gasteiger partial charge on any atom is -0.390 e. The van der Waals surface area contributed by atoms with Gasteiger partial charge in [-0.2, -0.15) is 0 Å². The van der Waals surface area contributed by atoms with Gasteiger partial charge in [0, 0.05) is 0 Å². The molecule has 3 fully saturated rings. The number of hydrogen-bond donors (Lipinski definition) is 3. The topological polar surface area (TPSA) is 60.7 Å². The first-order chi connectivity index (χ1) is 15.0. The van der Waals surface area contributed by atoms with Crippen molar-refractivity contribution in [2.24, 2.45) is 17.3 Å². The Bertz CT molecular complexity index is 707. The Labute approximate surface area is 197 Å². The van der Waals surface area contributed by atoms with Crippen LogP contribution in [0, 0.1) is 17.3 Å². The summed E-state index contributed by atoms with van der Waals surface area (Å²) < 4.78 is 0. The Morgan fingerprint density at radius 3 is 2.34 bits per heavy atom. The molecule has 0 spiro atoms. The lowest BCUT2D eigenvalue weighted by Gasteiger charge is -2.43. The molecule has 3 aliphatic carbocycles. The lowest BCUT2D eigenvalue weighted by Crippen LogP contribution is -2.34. The standard InChI is InChI=1S/C27H42O3.C2H6/c1-18(8-6-14-26(3,4)30)22-12-13-23-21(9-7-15-27(22,23)5)11-10-20-16-24(28)19(2)25(29)17-20;1-2/h10-11,22-25,28-30H,1-2,6-9,12-17H2,3-5H3;1-2H3/b21-11+;/t22?,23?,24-,25-,27?;/m1./s1. The molecule has 3 heteroatoms. The van der Waals surface area contributed by atoms with Gasteiger partial charge in [0.15, 0.2) is 0 Å². The van der Waals surface area contributed by atoms with Gasteiger partial charge in [0.05, 0.1) is 17.8 Å². The number of hydrogen-bond acceptors (Lipinski definition) is 3. The number of aliphatic hydroxyl groups is 3. The summed E-state index contributed by atoms with van der Waals surface area (Å²) in [5, 5.41) is 30.2. The number of fused-ring (bicyclic) bond motifs is 1. The highest BCUT2D eigenvalue weighted by Gasteiger charge is 2.49. The first-order valence-electron chi connectivity index (χ1n) is 12.8. The van der Waals surface area contributed by atoms with Gasteiger partial charge >= 0.3 is 0 Å². The molecular formula is C29H48O3. The van der Waals surface area contributed by atoms with E-state index in [1.165, 1.54) is 36.8 Å². The van der Waals surface area contributed by atoms with E-state index in [0.29, 0.717) is 30.3 Å². The van der Waals surface area contributed by atoms with Gasteiger partial charge in [-0.05, 0) is 101 Å². The maximum Gasteiger partial charge on any atom is 0.0809 e. The fourth-order valence-electron chi connectivity index (χ4n) is 6.26. The predicted molar refractivity (Wildman–Crippen MR) is 135 cm³/mol. The summed E-state index contributed by atoms with van der Waals surface area (Å²) in [6.07, 6.45) is 13.3. The van der Waals surface area contributed by atoms with Crippen molar-refractivity contribution in [3.8, 4) is 0 Å². The van der Waals surface area contributed by atoms with Crippen molar-refractivity contribution < 1.29 is 15.3 Å². The smallest absolute Gasteiger partial charge is 0.0809 e. The van der Waals surface area contributed by atoms with Gasteiger partial charge < -0.3 is 15.3 Å². The molecule has 182 valence electrons. The summed E-state index contributed by atoms with van der Waals surface area (Å²) in [7, 11) is 0. The Morgan fingerprint density at radius 2 is 1.75 bits per heavy atom. The quantitative estimate of drug-likeness (QED) is 0.402. The summed E-state index contributed by atoms with van der Waals surface area (Å²) in [6.45, 7) is 18.5. The molecule has 0 saturated heterocycles. The van der Waals surface area contributed by atoms with Crippen LogP contribution < -0.4 is 0 Å². The maximum absolute atomic E-state index is 10.1. The van der Waals surface area contributed by atoms with Crippen molar-refractivity contribution in [1.29, 1.82) is 0 Å². The zero-order valence-electron chi connectivity index (χ0n) is 21.3. The molecule has 0 aromatic rings. The molecular weight excluding hydrogens is 396 g/mol. The molecule has 3 N–H and O–H groups in total. The molecule has 0 aliphatic heterocycles. The molecule has 3 aliphatic rings. The molecule has 3 saturated carbocycles. The van der Waals surface area contributed by atoms with Crippen molar-refractivity contribution in [1.82, 2.24) is 0 Å². The largest absolute Gasteiger partial charge is 0.390 e. The fourth-order valence-corrected chi connectivity index (χ4v) is 6.26. The molecule has 5 atom stereocenters. The molecule has 0 amide bonds. The van der Waals surface area contributed by atoms with Crippen molar-refractivity contribution in [2.75, 3.05) is 0 Å². The molecule has 32 heavy (non-hydrogen) atoms. The predicted octanol–water partition coefficient (Wildman–Crippen LogP) is 6.65. The third-order valence-electron chi connectivity index (χ3n) is 8.04. The molecule has 0 radical (unpaired) electrons. The van der Waals surface area contributed by atoms with Crippen molar-refractivity contribution in [2.45, 2.75) is 117 Å². The molecule has 3 rings (SSSR count). The summed E-state index contributed by atoms with van der Waals surface area (Å²) in [5.41, 5.74) is 4.27. The highest BCUT2D eigenvalue weighted by molar-refractivity contribution is 5.30. The first-order valence-corrected chi connectivity index (χ1v) is 12.8. The van der Waals surface area contributed by atoms with E-state index >= 15 is 0 Å². The second kappa shape index (κ2) is 11.3. The van der Waals surface area contributed by atoms with E-state index in [9.17, 15) is 15.3 Å². The van der Waals surface area contributed by atoms with Crippen LogP contribution in [0.25, 0.3) is 0 Å². The third-order valence-corrected chi connectivity index (χ3v) is 8.04. The molecule has 0 aromatic heterocycles. The zero-order chi connectivity index (χ0) is 24.1. The van der Waals surface area contributed by atoms with Crippen LogP contribution in [0.15, 0.2) is 47.6 Å². The van der Waals surface area contributed by atoms with Crippen LogP contribution in [0.3, 0.4) is 0 Å². The SMILES string of the molecule is C=C(CCCC(C)(C)O)C1CCC2/C(=C/C=C3C[C@@H](O)C(=C)[C@H](O)C3)CCCC12C.CC. The molecule has 0 aromatic carbocycles. The normalized spacial score (nSPS) is 34.1. The Kier molecular flexibility index (Phi) is 9.58. The van der Waals surface area contributed by atoms with E-state index in [-0.39, 0.29) is 5.41 Å². The van der Waals surface area contributed by atoms with Crippen molar-refractivity contribution >= 4 is 0 Å². The van der Waals surface area contributed by atoms with Crippen molar-refractivity contribution in [3.63, 3.8) is 0 Å². The molecule has 3 nitrogen and oxygen atoms in total. The van der Waals surface area contributed by atoms with E-state index in [1.54, 1.807) is 0 Å². The monoisotopic (exact) mass is 444 g/mol. The van der Waals surface area contributed by atoms with Gasteiger partial charge in [-0.3, -0.25) is 0 Å². The third kappa shape index (κ3) is 6.46. The van der Waals surface area contributed by atoms with Crippen LogP contribution >= 0.6 is 0 Å². The van der Waals surface area contributed by atoms with Gasteiger partial charge in [-0.25, -0.2) is 0 Å². The second-order valence-electron chi connectivity index (χ2n) is 10.9. The van der Waals surface area contributed by atoms with Crippen LogP contribution in [0.1, 0.15) is 98.8 Å². The maximum atomic E-state index is 10.1. The molecule has 3 unspecified atom stereocenters. The van der Waals surface area contributed by atoms with Crippen molar-refractivity contribution in [3.05, 3.63) is 47.6 Å². The van der Waals surface area contributed by atoms with Crippen LogP contribution in [0.2, 0.25) is 0 Å². The van der Waals surface area contributed by atoms with Crippen LogP contribution in [-0.4, -0.2) is 33.1 Å². The van der Waals surface area contributed by atoms with E-state index in [2.05, 4.69) is 32.2 Å². The van der Waals surface area contributed by atoms with E-state index < -0.39 is 17.8 Å². The number of allylic oxidation sites excluding steroid dienone is 4. The molecule has 0 bridgehead atoms. The average Bonchev–Trinajstić information content (AvgIpc) is 3.08. The highest BCUT2D eigenvalue weighted by atomic mass is 16.3. The lowest BCUT2D eigenvalue weighted by molar-refractivity contribution is 0.0683. The molecule has 0 heterocycles. The summed E-state index contributed by atoms with van der Waals surface area (Å²) in [4.78, 5) is 0. The number of aliphatic hydroxyl groups excluding tert-OH is 2. The van der Waals surface area contributed by atoms with Gasteiger partial charge in [0.1, 0.15) is 0 Å². The fraction of sp³-hybridized carbons (Fsp3) is 0.724.